The maximum Gasteiger partial charge on any atom is 0.224 e. The smallest absolute Gasteiger partial charge is 0.224 e. The first kappa shape index (κ1) is 19.2. The van der Waals surface area contributed by atoms with Crippen LogP contribution < -0.4 is 15.4 Å². The molecular formula is C23H26N4O2. The van der Waals surface area contributed by atoms with E-state index in [1.54, 1.807) is 7.11 Å². The highest BCUT2D eigenvalue weighted by Gasteiger charge is 2.19. The Labute approximate surface area is 170 Å². The molecule has 0 spiro atoms. The SMILES string of the molecule is COc1ccc(-c2nn(-c3ccccc3)cc2CC(=O)NC2CCNCC2)cc1. The van der Waals surface area contributed by atoms with Gasteiger partial charge in [0.25, 0.3) is 0 Å². The van der Waals surface area contributed by atoms with Gasteiger partial charge in [0.05, 0.1) is 24.9 Å². The Morgan fingerprint density at radius 3 is 2.55 bits per heavy atom. The number of piperidine rings is 1. The third-order valence-corrected chi connectivity index (χ3v) is 5.23. The van der Waals surface area contributed by atoms with Crippen LogP contribution in [0, 0.1) is 0 Å². The van der Waals surface area contributed by atoms with Gasteiger partial charge in [-0.3, -0.25) is 4.79 Å². The largest absolute Gasteiger partial charge is 0.497 e. The quantitative estimate of drug-likeness (QED) is 0.679. The first-order valence-corrected chi connectivity index (χ1v) is 10.0. The molecule has 0 aliphatic carbocycles. The average Bonchev–Trinajstić information content (AvgIpc) is 3.18. The van der Waals surface area contributed by atoms with Crippen molar-refractivity contribution < 1.29 is 9.53 Å². The Morgan fingerprint density at radius 2 is 1.86 bits per heavy atom. The number of methoxy groups -OCH3 is 1. The van der Waals surface area contributed by atoms with Crippen LogP contribution in [0.3, 0.4) is 0 Å². The second-order valence-corrected chi connectivity index (χ2v) is 7.28. The third-order valence-electron chi connectivity index (χ3n) is 5.23. The van der Waals surface area contributed by atoms with Crippen LogP contribution in [-0.4, -0.2) is 41.9 Å². The van der Waals surface area contributed by atoms with Crippen LogP contribution >= 0.6 is 0 Å². The van der Waals surface area contributed by atoms with Crippen LogP contribution in [0.4, 0.5) is 0 Å². The molecule has 0 atom stereocenters. The molecule has 1 aliphatic heterocycles. The number of ether oxygens (including phenoxy) is 1. The van der Waals surface area contributed by atoms with Gasteiger partial charge in [-0.15, -0.1) is 0 Å². The van der Waals surface area contributed by atoms with Crippen LogP contribution in [0.2, 0.25) is 0 Å². The summed E-state index contributed by atoms with van der Waals surface area (Å²) in [6.45, 7) is 1.90. The predicted molar refractivity (Wildman–Crippen MR) is 113 cm³/mol. The van der Waals surface area contributed by atoms with Gasteiger partial charge in [0.2, 0.25) is 5.91 Å². The number of aromatic nitrogens is 2. The zero-order chi connectivity index (χ0) is 20.1. The summed E-state index contributed by atoms with van der Waals surface area (Å²) in [7, 11) is 1.65. The van der Waals surface area contributed by atoms with Gasteiger partial charge >= 0.3 is 0 Å². The minimum absolute atomic E-state index is 0.0410. The van der Waals surface area contributed by atoms with Crippen molar-refractivity contribution in [2.75, 3.05) is 20.2 Å². The fourth-order valence-electron chi connectivity index (χ4n) is 3.66. The Kier molecular flexibility index (Phi) is 5.91. The Bertz CT molecular complexity index is 945. The van der Waals surface area contributed by atoms with Gasteiger partial charge in [-0.25, -0.2) is 4.68 Å². The number of rotatable bonds is 6. The topological polar surface area (TPSA) is 68.2 Å². The zero-order valence-corrected chi connectivity index (χ0v) is 16.6. The lowest BCUT2D eigenvalue weighted by atomic mass is 10.0. The number of nitrogens with zero attached hydrogens (tertiary/aromatic N) is 2. The van der Waals surface area contributed by atoms with Crippen LogP contribution in [0.15, 0.2) is 60.8 Å². The van der Waals surface area contributed by atoms with E-state index in [-0.39, 0.29) is 11.9 Å². The van der Waals surface area contributed by atoms with Crippen molar-refractivity contribution in [2.45, 2.75) is 25.3 Å². The summed E-state index contributed by atoms with van der Waals surface area (Å²) in [5, 5.41) is 11.3. The molecule has 0 unspecified atom stereocenters. The van der Waals surface area contributed by atoms with Gasteiger partial charge < -0.3 is 15.4 Å². The summed E-state index contributed by atoms with van der Waals surface area (Å²) in [6.07, 6.45) is 4.20. The number of hydrogen-bond acceptors (Lipinski definition) is 4. The van der Waals surface area contributed by atoms with Crippen LogP contribution in [0.5, 0.6) is 5.75 Å². The molecule has 2 aromatic carbocycles. The fraction of sp³-hybridized carbons (Fsp3) is 0.304. The van der Waals surface area contributed by atoms with E-state index in [0.29, 0.717) is 6.42 Å². The molecule has 1 saturated heterocycles. The molecule has 1 aromatic heterocycles. The number of carbonyl (C=O) groups excluding carboxylic acids is 1. The molecule has 150 valence electrons. The predicted octanol–water partition coefficient (Wildman–Crippen LogP) is 2.96. The van der Waals surface area contributed by atoms with Crippen molar-refractivity contribution in [3.05, 3.63) is 66.4 Å². The summed E-state index contributed by atoms with van der Waals surface area (Å²) in [4.78, 5) is 12.7. The lowest BCUT2D eigenvalue weighted by molar-refractivity contribution is -0.121. The minimum atomic E-state index is 0.0410. The molecule has 29 heavy (non-hydrogen) atoms. The maximum atomic E-state index is 12.7. The fourth-order valence-corrected chi connectivity index (χ4v) is 3.66. The van der Waals surface area contributed by atoms with Crippen molar-refractivity contribution >= 4 is 5.91 Å². The van der Waals surface area contributed by atoms with Crippen molar-refractivity contribution in [3.63, 3.8) is 0 Å². The molecule has 1 aliphatic rings. The second-order valence-electron chi connectivity index (χ2n) is 7.28. The minimum Gasteiger partial charge on any atom is -0.497 e. The van der Waals surface area contributed by atoms with Crippen molar-refractivity contribution in [1.29, 1.82) is 0 Å². The molecule has 3 aromatic rings. The first-order valence-electron chi connectivity index (χ1n) is 10.0. The number of nitrogens with one attached hydrogen (secondary N) is 2. The van der Waals surface area contributed by atoms with E-state index >= 15 is 0 Å². The van der Waals surface area contributed by atoms with Crippen molar-refractivity contribution in [2.24, 2.45) is 0 Å². The number of carbonyl (C=O) groups is 1. The van der Waals surface area contributed by atoms with E-state index in [0.717, 1.165) is 54.2 Å². The average molecular weight is 390 g/mol. The van der Waals surface area contributed by atoms with Gasteiger partial charge in [-0.05, 0) is 62.3 Å². The molecule has 0 saturated carbocycles. The molecule has 6 heteroatoms. The molecule has 0 radical (unpaired) electrons. The van der Waals surface area contributed by atoms with Crippen LogP contribution in [-0.2, 0) is 11.2 Å². The molecular weight excluding hydrogens is 364 g/mol. The molecule has 2 heterocycles. The second kappa shape index (κ2) is 8.92. The van der Waals surface area contributed by atoms with Gasteiger partial charge in [0.1, 0.15) is 5.75 Å². The van der Waals surface area contributed by atoms with E-state index in [2.05, 4.69) is 10.6 Å². The number of para-hydroxylation sites is 1. The lowest BCUT2D eigenvalue weighted by Crippen LogP contribution is -2.43. The summed E-state index contributed by atoms with van der Waals surface area (Å²) in [5.74, 6) is 0.834. The van der Waals surface area contributed by atoms with Gasteiger partial charge in [0.15, 0.2) is 0 Å². The van der Waals surface area contributed by atoms with E-state index in [9.17, 15) is 4.79 Å². The summed E-state index contributed by atoms with van der Waals surface area (Å²) < 4.78 is 7.10. The highest BCUT2D eigenvalue weighted by Crippen LogP contribution is 2.26. The molecule has 6 nitrogen and oxygen atoms in total. The van der Waals surface area contributed by atoms with Crippen molar-refractivity contribution in [3.8, 4) is 22.7 Å². The highest BCUT2D eigenvalue weighted by molar-refractivity contribution is 5.81. The number of benzene rings is 2. The van der Waals surface area contributed by atoms with Crippen molar-refractivity contribution in [1.82, 2.24) is 20.4 Å². The van der Waals surface area contributed by atoms with Crippen LogP contribution in [0.25, 0.3) is 16.9 Å². The molecule has 1 fully saturated rings. The standard InChI is InChI=1S/C23H26N4O2/c1-29-21-9-7-17(8-10-21)23-18(15-22(28)25-19-11-13-24-14-12-19)16-27(26-23)20-5-3-2-4-6-20/h2-10,16,19,24H,11-15H2,1H3,(H,25,28). The third kappa shape index (κ3) is 4.66. The monoisotopic (exact) mass is 390 g/mol. The van der Waals surface area contributed by atoms with E-state index < -0.39 is 0 Å². The summed E-state index contributed by atoms with van der Waals surface area (Å²) >= 11 is 0. The van der Waals surface area contributed by atoms with Gasteiger partial charge in [-0.1, -0.05) is 18.2 Å². The van der Waals surface area contributed by atoms with E-state index in [1.807, 2.05) is 65.5 Å². The van der Waals surface area contributed by atoms with Gasteiger partial charge in [-0.2, -0.15) is 5.10 Å². The first-order chi connectivity index (χ1) is 14.2. The Balaban J connectivity index is 1.61. The number of hydrogen-bond donors (Lipinski definition) is 2. The summed E-state index contributed by atoms with van der Waals surface area (Å²) in [6, 6.07) is 18.0. The highest BCUT2D eigenvalue weighted by atomic mass is 16.5. The molecule has 0 bridgehead atoms. The van der Waals surface area contributed by atoms with Crippen LogP contribution in [0.1, 0.15) is 18.4 Å². The summed E-state index contributed by atoms with van der Waals surface area (Å²) in [5.41, 5.74) is 3.65. The Hall–Kier alpha value is -3.12. The molecule has 4 rings (SSSR count). The normalized spacial score (nSPS) is 14.5. The number of amides is 1. The van der Waals surface area contributed by atoms with E-state index in [1.165, 1.54) is 0 Å². The maximum absolute atomic E-state index is 12.7. The lowest BCUT2D eigenvalue weighted by Gasteiger charge is -2.23. The zero-order valence-electron chi connectivity index (χ0n) is 16.6. The molecule has 1 amide bonds. The van der Waals surface area contributed by atoms with E-state index in [4.69, 9.17) is 9.84 Å². The molecule has 2 N–H and O–H groups in total. The van der Waals surface area contributed by atoms with Gasteiger partial charge in [0, 0.05) is 23.4 Å². The Morgan fingerprint density at radius 1 is 1.14 bits per heavy atom.